The standard InChI is InChI=1S/C16H32NO8P/c1-3-5-6-7-9-15(18)22-12-14(25-16(19)8-4-2)13-24-26(20,21)23-11-10-17/h14H,3-13,17H2,1-2H3,(H,20,21)/t14-/m1/s1. The van der Waals surface area contributed by atoms with E-state index in [1.54, 1.807) is 0 Å². The largest absolute Gasteiger partial charge is 0.472 e. The summed E-state index contributed by atoms with van der Waals surface area (Å²) in [6.07, 6.45) is 3.83. The molecule has 0 saturated heterocycles. The Morgan fingerprint density at radius 3 is 2.35 bits per heavy atom. The average molecular weight is 397 g/mol. The zero-order valence-electron chi connectivity index (χ0n) is 15.7. The van der Waals surface area contributed by atoms with Crippen molar-refractivity contribution >= 4 is 19.8 Å². The topological polar surface area (TPSA) is 134 Å². The number of carbonyl (C=O) groups is 2. The van der Waals surface area contributed by atoms with Gasteiger partial charge in [0.05, 0.1) is 13.2 Å². The van der Waals surface area contributed by atoms with Crippen molar-refractivity contribution in [2.45, 2.75) is 64.9 Å². The van der Waals surface area contributed by atoms with Gasteiger partial charge in [-0.05, 0) is 12.8 Å². The number of carbonyl (C=O) groups excluding carboxylic acids is 2. The molecule has 154 valence electrons. The number of ether oxygens (including phenoxy) is 2. The molecule has 0 bridgehead atoms. The Balaban J connectivity index is 4.43. The maximum atomic E-state index is 11.7. The van der Waals surface area contributed by atoms with E-state index in [1.165, 1.54) is 0 Å². The van der Waals surface area contributed by atoms with Gasteiger partial charge in [0.15, 0.2) is 6.10 Å². The van der Waals surface area contributed by atoms with Crippen LogP contribution in [0.25, 0.3) is 0 Å². The lowest BCUT2D eigenvalue weighted by Crippen LogP contribution is -2.29. The smallest absolute Gasteiger partial charge is 0.462 e. The van der Waals surface area contributed by atoms with Crippen LogP contribution < -0.4 is 5.73 Å². The van der Waals surface area contributed by atoms with Crippen LogP contribution in [0.15, 0.2) is 0 Å². The quantitative estimate of drug-likeness (QED) is 0.228. The minimum Gasteiger partial charge on any atom is -0.462 e. The molecule has 26 heavy (non-hydrogen) atoms. The predicted molar refractivity (Wildman–Crippen MR) is 95.3 cm³/mol. The second-order valence-corrected chi connectivity index (χ2v) is 7.20. The number of hydrogen-bond acceptors (Lipinski definition) is 8. The molecule has 0 amide bonds. The lowest BCUT2D eigenvalue weighted by atomic mass is 10.2. The fourth-order valence-electron chi connectivity index (χ4n) is 1.90. The summed E-state index contributed by atoms with van der Waals surface area (Å²) < 4.78 is 31.2. The molecule has 0 heterocycles. The van der Waals surface area contributed by atoms with E-state index < -0.39 is 32.5 Å². The molecular weight excluding hydrogens is 365 g/mol. The summed E-state index contributed by atoms with van der Waals surface area (Å²) in [4.78, 5) is 32.8. The molecule has 0 rings (SSSR count). The van der Waals surface area contributed by atoms with Gasteiger partial charge in [0.1, 0.15) is 6.61 Å². The van der Waals surface area contributed by atoms with Gasteiger partial charge >= 0.3 is 19.8 Å². The predicted octanol–water partition coefficient (Wildman–Crippen LogP) is 2.30. The highest BCUT2D eigenvalue weighted by molar-refractivity contribution is 7.47. The van der Waals surface area contributed by atoms with Crippen molar-refractivity contribution in [3.63, 3.8) is 0 Å². The maximum Gasteiger partial charge on any atom is 0.472 e. The van der Waals surface area contributed by atoms with Crippen molar-refractivity contribution in [2.75, 3.05) is 26.4 Å². The first-order chi connectivity index (χ1) is 12.3. The number of nitrogens with two attached hydrogens (primary N) is 1. The minimum absolute atomic E-state index is 0.0540. The maximum absolute atomic E-state index is 11.7. The SMILES string of the molecule is CCCCCCC(=O)OC[C@H](COP(=O)(O)OCCN)OC(=O)CCC. The molecule has 0 radical (unpaired) electrons. The second-order valence-electron chi connectivity index (χ2n) is 5.74. The number of rotatable bonds is 16. The van der Waals surface area contributed by atoms with Gasteiger partial charge in [0.25, 0.3) is 0 Å². The summed E-state index contributed by atoms with van der Waals surface area (Å²) in [6.45, 7) is 3.10. The van der Waals surface area contributed by atoms with Gasteiger partial charge in [-0.3, -0.25) is 18.6 Å². The van der Waals surface area contributed by atoms with Gasteiger partial charge < -0.3 is 20.1 Å². The van der Waals surface area contributed by atoms with Crippen LogP contribution in [0, 0.1) is 0 Å². The summed E-state index contributed by atoms with van der Waals surface area (Å²) in [5.41, 5.74) is 5.19. The second kappa shape index (κ2) is 15.1. The Hall–Kier alpha value is -0.990. The Morgan fingerprint density at radius 2 is 1.73 bits per heavy atom. The van der Waals surface area contributed by atoms with Crippen molar-refractivity contribution in [3.05, 3.63) is 0 Å². The van der Waals surface area contributed by atoms with Crippen LogP contribution in [0.1, 0.15) is 58.8 Å². The van der Waals surface area contributed by atoms with Crippen LogP contribution in [-0.4, -0.2) is 49.3 Å². The van der Waals surface area contributed by atoms with E-state index in [2.05, 4.69) is 11.4 Å². The van der Waals surface area contributed by atoms with Crippen LogP contribution in [0.5, 0.6) is 0 Å². The average Bonchev–Trinajstić information content (AvgIpc) is 2.59. The van der Waals surface area contributed by atoms with Crippen LogP contribution in [0.4, 0.5) is 0 Å². The van der Waals surface area contributed by atoms with E-state index in [-0.39, 0.29) is 32.6 Å². The molecule has 0 aromatic rings. The summed E-state index contributed by atoms with van der Waals surface area (Å²) in [5, 5.41) is 0. The molecule has 2 atom stereocenters. The van der Waals surface area contributed by atoms with Crippen molar-refractivity contribution in [3.8, 4) is 0 Å². The first kappa shape index (κ1) is 25.0. The first-order valence-electron chi connectivity index (χ1n) is 9.01. The van der Waals surface area contributed by atoms with Crippen molar-refractivity contribution in [1.82, 2.24) is 0 Å². The van der Waals surface area contributed by atoms with Gasteiger partial charge in [-0.15, -0.1) is 0 Å². The molecular formula is C16H32NO8P. The molecule has 0 aromatic carbocycles. The van der Waals surface area contributed by atoms with E-state index in [1.807, 2.05) is 6.92 Å². The van der Waals surface area contributed by atoms with Crippen LogP contribution in [0.3, 0.4) is 0 Å². The van der Waals surface area contributed by atoms with Gasteiger partial charge in [0.2, 0.25) is 0 Å². The summed E-state index contributed by atoms with van der Waals surface area (Å²) in [6, 6.07) is 0. The molecule has 0 aromatic heterocycles. The zero-order chi connectivity index (χ0) is 19.8. The molecule has 1 unspecified atom stereocenters. The fourth-order valence-corrected chi connectivity index (χ4v) is 2.67. The summed E-state index contributed by atoms with van der Waals surface area (Å²) >= 11 is 0. The van der Waals surface area contributed by atoms with Gasteiger partial charge in [-0.1, -0.05) is 33.1 Å². The van der Waals surface area contributed by atoms with Gasteiger partial charge in [0, 0.05) is 19.4 Å². The number of esters is 2. The normalized spacial score (nSPS) is 14.5. The Kier molecular flexibility index (Phi) is 14.5. The van der Waals surface area contributed by atoms with E-state index >= 15 is 0 Å². The third kappa shape index (κ3) is 14.2. The van der Waals surface area contributed by atoms with Crippen LogP contribution in [-0.2, 0) is 32.7 Å². The van der Waals surface area contributed by atoms with Gasteiger partial charge in [-0.2, -0.15) is 0 Å². The van der Waals surface area contributed by atoms with Crippen LogP contribution >= 0.6 is 7.82 Å². The highest BCUT2D eigenvalue weighted by Crippen LogP contribution is 2.43. The molecule has 10 heteroatoms. The lowest BCUT2D eigenvalue weighted by Gasteiger charge is -2.19. The minimum atomic E-state index is -4.31. The van der Waals surface area contributed by atoms with Crippen LogP contribution in [0.2, 0.25) is 0 Å². The highest BCUT2D eigenvalue weighted by atomic mass is 31.2. The summed E-state index contributed by atoms with van der Waals surface area (Å²) in [5.74, 6) is -0.917. The van der Waals surface area contributed by atoms with Crippen molar-refractivity contribution < 1.29 is 37.6 Å². The third-order valence-corrected chi connectivity index (χ3v) is 4.20. The van der Waals surface area contributed by atoms with E-state index in [9.17, 15) is 19.0 Å². The summed E-state index contributed by atoms with van der Waals surface area (Å²) in [7, 11) is -4.31. The number of unbranched alkanes of at least 4 members (excludes halogenated alkanes) is 3. The third-order valence-electron chi connectivity index (χ3n) is 3.21. The zero-order valence-corrected chi connectivity index (χ0v) is 16.6. The van der Waals surface area contributed by atoms with Gasteiger partial charge in [-0.25, -0.2) is 4.57 Å². The molecule has 0 spiro atoms. The number of hydrogen-bond donors (Lipinski definition) is 2. The fraction of sp³-hybridized carbons (Fsp3) is 0.875. The highest BCUT2D eigenvalue weighted by Gasteiger charge is 2.25. The molecule has 3 N–H and O–H groups in total. The number of phosphoric ester groups is 1. The first-order valence-corrected chi connectivity index (χ1v) is 10.5. The molecule has 0 fully saturated rings. The van der Waals surface area contributed by atoms with E-state index in [4.69, 9.17) is 19.7 Å². The Bertz CT molecular complexity index is 446. The number of phosphoric acid groups is 1. The molecule has 0 aliphatic heterocycles. The van der Waals surface area contributed by atoms with Crippen molar-refractivity contribution in [1.29, 1.82) is 0 Å². The monoisotopic (exact) mass is 397 g/mol. The molecule has 0 aliphatic rings. The molecule has 9 nitrogen and oxygen atoms in total. The molecule has 0 aliphatic carbocycles. The van der Waals surface area contributed by atoms with E-state index in [0.29, 0.717) is 6.42 Å². The molecule has 0 saturated carbocycles. The Labute approximate surface area is 155 Å². The van der Waals surface area contributed by atoms with Crippen molar-refractivity contribution in [2.24, 2.45) is 5.73 Å². The van der Waals surface area contributed by atoms with E-state index in [0.717, 1.165) is 25.7 Å². The lowest BCUT2D eigenvalue weighted by molar-refractivity contribution is -0.161. The Morgan fingerprint density at radius 1 is 1.00 bits per heavy atom.